The number of hydrogen-bond donors (Lipinski definition) is 3. The molecule has 10 heteroatoms. The molecule has 0 aliphatic carbocycles. The van der Waals surface area contributed by atoms with Crippen molar-refractivity contribution in [3.63, 3.8) is 0 Å². The van der Waals surface area contributed by atoms with Gasteiger partial charge in [0.2, 0.25) is 5.91 Å². The summed E-state index contributed by atoms with van der Waals surface area (Å²) in [7, 11) is 1.49. The van der Waals surface area contributed by atoms with Crippen LogP contribution in [0.2, 0.25) is 0 Å². The van der Waals surface area contributed by atoms with E-state index in [1.807, 2.05) is 6.92 Å². The number of nitrogens with zero attached hydrogens (tertiary/aromatic N) is 2. The average Bonchev–Trinajstić information content (AvgIpc) is 3.14. The fraction of sp³-hybridized carbons (Fsp3) is 0.455. The number of amides is 3. The molecule has 1 aromatic heterocycles. The number of ether oxygens (including phenoxy) is 1. The van der Waals surface area contributed by atoms with Crippen LogP contribution in [-0.2, 0) is 4.79 Å². The van der Waals surface area contributed by atoms with E-state index in [-0.39, 0.29) is 22.2 Å². The van der Waals surface area contributed by atoms with Crippen LogP contribution in [0.15, 0.2) is 24.3 Å². The van der Waals surface area contributed by atoms with Gasteiger partial charge in [0.05, 0.1) is 18.5 Å². The summed E-state index contributed by atoms with van der Waals surface area (Å²) < 4.78 is 9.40. The Bertz CT molecular complexity index is 960. The highest BCUT2D eigenvalue weighted by Gasteiger charge is 2.35. The van der Waals surface area contributed by atoms with E-state index >= 15 is 0 Å². The monoisotopic (exact) mass is 461 g/mol. The Labute approximate surface area is 192 Å². The lowest BCUT2D eigenvalue weighted by Crippen LogP contribution is -2.50. The van der Waals surface area contributed by atoms with Gasteiger partial charge in [-0.2, -0.15) is 4.37 Å². The van der Waals surface area contributed by atoms with Crippen LogP contribution in [0.25, 0.3) is 0 Å². The lowest BCUT2D eigenvalue weighted by molar-refractivity contribution is -0.122. The van der Waals surface area contributed by atoms with Gasteiger partial charge in [-0.15, -0.1) is 0 Å². The fourth-order valence-corrected chi connectivity index (χ4v) is 3.98. The Kier molecular flexibility index (Phi) is 9.01. The van der Waals surface area contributed by atoms with Crippen molar-refractivity contribution in [3.8, 4) is 5.75 Å². The van der Waals surface area contributed by atoms with E-state index < -0.39 is 17.9 Å². The van der Waals surface area contributed by atoms with E-state index in [1.165, 1.54) is 12.0 Å². The van der Waals surface area contributed by atoms with Crippen molar-refractivity contribution < 1.29 is 19.1 Å². The zero-order chi connectivity index (χ0) is 23.8. The van der Waals surface area contributed by atoms with Crippen LogP contribution in [0.1, 0.15) is 60.2 Å². The molecule has 0 saturated heterocycles. The molecular formula is C22H31N5O4S. The molecule has 0 unspecified atom stereocenters. The van der Waals surface area contributed by atoms with Gasteiger partial charge in [-0.1, -0.05) is 39.3 Å². The van der Waals surface area contributed by atoms with Gasteiger partial charge in [-0.3, -0.25) is 19.3 Å². The molecule has 1 aromatic carbocycles. The molecule has 3 amide bonds. The highest BCUT2D eigenvalue weighted by molar-refractivity contribution is 7.09. The topological polar surface area (TPSA) is 141 Å². The molecule has 9 nitrogen and oxygen atoms in total. The molecule has 0 radical (unpaired) electrons. The highest BCUT2D eigenvalue weighted by atomic mass is 32.1. The van der Waals surface area contributed by atoms with Gasteiger partial charge in [0.25, 0.3) is 11.8 Å². The fourth-order valence-electron chi connectivity index (χ4n) is 3.24. The Morgan fingerprint density at radius 2 is 1.91 bits per heavy atom. The number of nitrogens with two attached hydrogens (primary N) is 2. The lowest BCUT2D eigenvalue weighted by atomic mass is 10.1. The average molecular weight is 462 g/mol. The third-order valence-electron chi connectivity index (χ3n) is 4.92. The van der Waals surface area contributed by atoms with Crippen molar-refractivity contribution in [1.82, 2.24) is 9.69 Å². The number of hydrogen-bond acceptors (Lipinski definition) is 7. The maximum atomic E-state index is 13.7. The Morgan fingerprint density at radius 1 is 1.22 bits per heavy atom. The molecule has 1 atom stereocenters. The number of carbonyl (C=O) groups is 3. The van der Waals surface area contributed by atoms with Gasteiger partial charge in [0.15, 0.2) is 5.69 Å². The Hall–Kier alpha value is -3.14. The minimum atomic E-state index is -0.821. The van der Waals surface area contributed by atoms with E-state index in [2.05, 4.69) is 23.5 Å². The van der Waals surface area contributed by atoms with Crippen LogP contribution in [0.5, 0.6) is 5.75 Å². The van der Waals surface area contributed by atoms with Crippen molar-refractivity contribution in [2.75, 3.05) is 24.3 Å². The molecule has 2 rings (SSSR count). The van der Waals surface area contributed by atoms with Crippen molar-refractivity contribution >= 4 is 40.6 Å². The van der Waals surface area contributed by atoms with Gasteiger partial charge in [-0.25, -0.2) is 0 Å². The third kappa shape index (κ3) is 5.76. The molecule has 32 heavy (non-hydrogen) atoms. The molecular weight excluding hydrogens is 430 g/mol. The van der Waals surface area contributed by atoms with E-state index in [9.17, 15) is 14.4 Å². The number of anilines is 2. The number of nitrogen functional groups attached to an aromatic ring is 1. The SMILES string of the molecule is CCC[C@@H](C(=O)NCCC(C)C)N(C(=O)c1snc(C(N)=O)c1N)c1ccccc1OC. The van der Waals surface area contributed by atoms with Gasteiger partial charge in [-0.05, 0) is 42.4 Å². The highest BCUT2D eigenvalue weighted by Crippen LogP contribution is 2.34. The zero-order valence-electron chi connectivity index (χ0n) is 18.9. The first-order valence-corrected chi connectivity index (χ1v) is 11.3. The first-order valence-electron chi connectivity index (χ1n) is 10.5. The second-order valence-corrected chi connectivity index (χ2v) is 8.54. The first-order chi connectivity index (χ1) is 15.2. The Balaban J connectivity index is 2.55. The molecule has 2 aromatic rings. The van der Waals surface area contributed by atoms with E-state index in [0.29, 0.717) is 36.7 Å². The Morgan fingerprint density at radius 3 is 2.47 bits per heavy atom. The van der Waals surface area contributed by atoms with Crippen molar-refractivity contribution in [1.29, 1.82) is 0 Å². The molecule has 0 saturated carbocycles. The summed E-state index contributed by atoms with van der Waals surface area (Å²) in [4.78, 5) is 39.9. The zero-order valence-corrected chi connectivity index (χ0v) is 19.7. The molecule has 174 valence electrons. The standard InChI is InChI=1S/C22H31N5O4S/c1-5-8-15(21(29)25-12-11-13(2)3)27(14-9-6-7-10-16(14)31-4)22(30)19-17(23)18(20(24)28)26-32-19/h6-7,9-10,13,15H,5,8,11-12,23H2,1-4H3,(H2,24,28)(H,25,29)/t15-/m0/s1. The predicted octanol–water partition coefficient (Wildman–Crippen LogP) is 2.81. The second kappa shape index (κ2) is 11.5. The largest absolute Gasteiger partial charge is 0.495 e. The molecule has 0 aliphatic heterocycles. The number of aromatic nitrogens is 1. The van der Waals surface area contributed by atoms with Crippen LogP contribution in [0.4, 0.5) is 11.4 Å². The molecule has 0 fully saturated rings. The summed E-state index contributed by atoms with van der Waals surface area (Å²) in [6.45, 7) is 6.58. The third-order valence-corrected chi connectivity index (χ3v) is 5.77. The number of methoxy groups -OCH3 is 1. The summed E-state index contributed by atoms with van der Waals surface area (Å²) in [6, 6.07) is 6.12. The normalized spacial score (nSPS) is 11.8. The molecule has 0 spiro atoms. The molecule has 5 N–H and O–H groups in total. The van der Waals surface area contributed by atoms with Crippen LogP contribution in [0, 0.1) is 5.92 Å². The summed E-state index contributed by atoms with van der Waals surface area (Å²) in [5.74, 6) is -0.788. The van der Waals surface area contributed by atoms with Gasteiger partial charge >= 0.3 is 0 Å². The predicted molar refractivity (Wildman–Crippen MR) is 126 cm³/mol. The van der Waals surface area contributed by atoms with Crippen LogP contribution in [0.3, 0.4) is 0 Å². The summed E-state index contributed by atoms with van der Waals surface area (Å²) in [5.41, 5.74) is 11.5. The van der Waals surface area contributed by atoms with Gasteiger partial charge in [0.1, 0.15) is 16.7 Å². The summed E-state index contributed by atoms with van der Waals surface area (Å²) >= 11 is 0.778. The number of rotatable bonds is 11. The van der Waals surface area contributed by atoms with E-state index in [1.54, 1.807) is 24.3 Å². The maximum absolute atomic E-state index is 13.7. The van der Waals surface area contributed by atoms with Crippen LogP contribution >= 0.6 is 11.5 Å². The van der Waals surface area contributed by atoms with Crippen molar-refractivity contribution in [2.24, 2.45) is 11.7 Å². The number of benzene rings is 1. The number of nitrogens with one attached hydrogen (secondary N) is 1. The van der Waals surface area contributed by atoms with E-state index in [4.69, 9.17) is 16.2 Å². The molecule has 0 aliphatic rings. The lowest BCUT2D eigenvalue weighted by Gasteiger charge is -2.31. The van der Waals surface area contributed by atoms with Crippen molar-refractivity contribution in [3.05, 3.63) is 34.8 Å². The minimum absolute atomic E-state index is 0.0424. The summed E-state index contributed by atoms with van der Waals surface area (Å²) in [5, 5.41) is 2.94. The number of carbonyl (C=O) groups excluding carboxylic acids is 3. The van der Waals surface area contributed by atoms with Crippen LogP contribution < -0.4 is 26.4 Å². The summed E-state index contributed by atoms with van der Waals surface area (Å²) in [6.07, 6.45) is 1.89. The quantitative estimate of drug-likeness (QED) is 0.470. The number of primary amides is 1. The second-order valence-electron chi connectivity index (χ2n) is 7.76. The van der Waals surface area contributed by atoms with E-state index in [0.717, 1.165) is 18.0 Å². The minimum Gasteiger partial charge on any atom is -0.495 e. The molecule has 0 bridgehead atoms. The van der Waals surface area contributed by atoms with Crippen molar-refractivity contribution in [2.45, 2.75) is 46.1 Å². The van der Waals surface area contributed by atoms with Gasteiger partial charge in [0, 0.05) is 6.54 Å². The van der Waals surface area contributed by atoms with Crippen LogP contribution in [-0.4, -0.2) is 41.8 Å². The molecule has 1 heterocycles. The smallest absolute Gasteiger partial charge is 0.272 e. The van der Waals surface area contributed by atoms with Gasteiger partial charge < -0.3 is 21.5 Å². The maximum Gasteiger partial charge on any atom is 0.272 e. The first kappa shape index (κ1) is 25.1. The number of para-hydroxylation sites is 2.